The number of hydrogen-bond donors (Lipinski definition) is 1. The molecule has 0 aliphatic carbocycles. The van der Waals surface area contributed by atoms with Gasteiger partial charge in [0, 0.05) is 10.0 Å². The van der Waals surface area contributed by atoms with Gasteiger partial charge in [-0.25, -0.2) is 18.7 Å². The molecule has 0 aliphatic rings. The van der Waals surface area contributed by atoms with Crippen molar-refractivity contribution in [3.05, 3.63) is 40.0 Å². The summed E-state index contributed by atoms with van der Waals surface area (Å²) in [5.41, 5.74) is 6.14. The molecule has 88 valence electrons. The lowest BCUT2D eigenvalue weighted by molar-refractivity contribution is 0.608. The number of aromatic nitrogens is 2. The van der Waals surface area contributed by atoms with Crippen LogP contribution in [-0.2, 0) is 0 Å². The number of aryl methyl sites for hydroxylation is 1. The first-order chi connectivity index (χ1) is 7.99. The second-order valence-corrected chi connectivity index (χ2v) is 4.31. The number of nitrogen functional groups attached to an aromatic ring is 1. The SMILES string of the molecule is Cc1nc(-c2ccc(F)cc2Br)nc(N)c1F. The smallest absolute Gasteiger partial charge is 0.186 e. The molecule has 0 amide bonds. The van der Waals surface area contributed by atoms with E-state index in [4.69, 9.17) is 5.73 Å². The van der Waals surface area contributed by atoms with Crippen LogP contribution in [0.2, 0.25) is 0 Å². The van der Waals surface area contributed by atoms with Gasteiger partial charge in [-0.15, -0.1) is 0 Å². The Morgan fingerprint density at radius 3 is 2.53 bits per heavy atom. The Morgan fingerprint density at radius 2 is 1.94 bits per heavy atom. The molecule has 0 bridgehead atoms. The molecule has 0 saturated heterocycles. The topological polar surface area (TPSA) is 51.8 Å². The fourth-order valence-corrected chi connectivity index (χ4v) is 1.90. The molecule has 0 unspecified atom stereocenters. The van der Waals surface area contributed by atoms with Gasteiger partial charge in [0.1, 0.15) is 5.82 Å². The highest BCUT2D eigenvalue weighted by Crippen LogP contribution is 2.27. The van der Waals surface area contributed by atoms with E-state index in [1.807, 2.05) is 0 Å². The number of anilines is 1. The highest BCUT2D eigenvalue weighted by molar-refractivity contribution is 9.10. The minimum absolute atomic E-state index is 0.156. The molecule has 2 N–H and O–H groups in total. The first-order valence-electron chi connectivity index (χ1n) is 4.74. The van der Waals surface area contributed by atoms with Gasteiger partial charge in [-0.05, 0) is 41.1 Å². The summed E-state index contributed by atoms with van der Waals surface area (Å²) in [4.78, 5) is 7.81. The van der Waals surface area contributed by atoms with Gasteiger partial charge in [0.2, 0.25) is 0 Å². The van der Waals surface area contributed by atoms with Crippen LogP contribution in [0.15, 0.2) is 22.7 Å². The Hall–Kier alpha value is -1.56. The summed E-state index contributed by atoms with van der Waals surface area (Å²) < 4.78 is 26.7. The predicted octanol–water partition coefficient (Wildman–Crippen LogP) is 3.07. The van der Waals surface area contributed by atoms with Crippen LogP contribution in [0, 0.1) is 18.6 Å². The molecule has 1 aromatic heterocycles. The number of hydrogen-bond acceptors (Lipinski definition) is 3. The monoisotopic (exact) mass is 299 g/mol. The Balaban J connectivity index is 2.61. The molecular formula is C11H8BrF2N3. The van der Waals surface area contributed by atoms with E-state index in [1.54, 1.807) is 0 Å². The number of nitrogens with two attached hydrogens (primary N) is 1. The number of nitrogens with zero attached hydrogens (tertiary/aromatic N) is 2. The lowest BCUT2D eigenvalue weighted by atomic mass is 10.2. The highest BCUT2D eigenvalue weighted by atomic mass is 79.9. The van der Waals surface area contributed by atoms with Gasteiger partial charge in [0.15, 0.2) is 17.5 Å². The van der Waals surface area contributed by atoms with Gasteiger partial charge >= 0.3 is 0 Å². The van der Waals surface area contributed by atoms with Crippen molar-refractivity contribution in [3.8, 4) is 11.4 Å². The zero-order valence-corrected chi connectivity index (χ0v) is 10.4. The van der Waals surface area contributed by atoms with E-state index >= 15 is 0 Å². The van der Waals surface area contributed by atoms with Crippen molar-refractivity contribution in [1.29, 1.82) is 0 Å². The maximum absolute atomic E-state index is 13.3. The van der Waals surface area contributed by atoms with Crippen LogP contribution >= 0.6 is 15.9 Å². The summed E-state index contributed by atoms with van der Waals surface area (Å²) in [7, 11) is 0. The van der Waals surface area contributed by atoms with Crippen molar-refractivity contribution in [1.82, 2.24) is 9.97 Å². The Kier molecular flexibility index (Phi) is 3.06. The Morgan fingerprint density at radius 1 is 1.24 bits per heavy atom. The number of rotatable bonds is 1. The first kappa shape index (κ1) is 11.9. The van der Waals surface area contributed by atoms with Crippen molar-refractivity contribution in [2.75, 3.05) is 5.73 Å². The average molecular weight is 300 g/mol. The van der Waals surface area contributed by atoms with Gasteiger partial charge in [0.25, 0.3) is 0 Å². The molecule has 0 saturated carbocycles. The molecule has 1 aromatic carbocycles. The van der Waals surface area contributed by atoms with E-state index in [0.717, 1.165) is 0 Å². The molecule has 0 fully saturated rings. The van der Waals surface area contributed by atoms with E-state index in [-0.39, 0.29) is 23.2 Å². The lowest BCUT2D eigenvalue weighted by Gasteiger charge is -2.06. The Labute approximate surface area is 105 Å². The average Bonchev–Trinajstić information content (AvgIpc) is 2.25. The fraction of sp³-hybridized carbons (Fsp3) is 0.0909. The summed E-state index contributed by atoms with van der Waals surface area (Å²) in [6, 6.07) is 4.07. The summed E-state index contributed by atoms with van der Waals surface area (Å²) in [6.45, 7) is 1.49. The molecule has 0 aliphatic heterocycles. The fourth-order valence-electron chi connectivity index (χ4n) is 1.37. The number of halogens is 3. The van der Waals surface area contributed by atoms with Crippen molar-refractivity contribution in [2.24, 2.45) is 0 Å². The lowest BCUT2D eigenvalue weighted by Crippen LogP contribution is -2.03. The highest BCUT2D eigenvalue weighted by Gasteiger charge is 2.12. The van der Waals surface area contributed by atoms with Crippen molar-refractivity contribution < 1.29 is 8.78 Å². The summed E-state index contributed by atoms with van der Waals surface area (Å²) in [5.74, 6) is -0.976. The van der Waals surface area contributed by atoms with Crippen LogP contribution in [0.1, 0.15) is 5.69 Å². The largest absolute Gasteiger partial charge is 0.381 e. The first-order valence-corrected chi connectivity index (χ1v) is 5.53. The third-order valence-electron chi connectivity index (χ3n) is 2.21. The molecule has 2 aromatic rings. The van der Waals surface area contributed by atoms with Crippen molar-refractivity contribution >= 4 is 21.7 Å². The van der Waals surface area contributed by atoms with Gasteiger partial charge in [-0.3, -0.25) is 0 Å². The van der Waals surface area contributed by atoms with E-state index < -0.39 is 5.82 Å². The quantitative estimate of drug-likeness (QED) is 0.880. The maximum Gasteiger partial charge on any atom is 0.186 e. The van der Waals surface area contributed by atoms with Crippen LogP contribution in [-0.4, -0.2) is 9.97 Å². The standard InChI is InChI=1S/C11H8BrF2N3/c1-5-9(14)10(15)17-11(16-5)7-3-2-6(13)4-8(7)12/h2-4H,1H3,(H2,15,16,17). The second kappa shape index (κ2) is 4.37. The van der Waals surface area contributed by atoms with Gasteiger partial charge in [-0.1, -0.05) is 0 Å². The van der Waals surface area contributed by atoms with Crippen molar-refractivity contribution in [3.63, 3.8) is 0 Å². The molecule has 6 heteroatoms. The van der Waals surface area contributed by atoms with Crippen molar-refractivity contribution in [2.45, 2.75) is 6.92 Å². The van der Waals surface area contributed by atoms with Crippen LogP contribution in [0.3, 0.4) is 0 Å². The Bertz CT molecular complexity index is 564. The van der Waals surface area contributed by atoms with Gasteiger partial charge in [0.05, 0.1) is 5.69 Å². The zero-order chi connectivity index (χ0) is 12.6. The summed E-state index contributed by atoms with van der Waals surface area (Å²) in [5, 5.41) is 0. The van der Waals surface area contributed by atoms with Crippen LogP contribution in [0.4, 0.5) is 14.6 Å². The van der Waals surface area contributed by atoms with E-state index in [2.05, 4.69) is 25.9 Å². The normalized spacial score (nSPS) is 10.6. The molecule has 17 heavy (non-hydrogen) atoms. The summed E-state index contributed by atoms with van der Waals surface area (Å²) in [6.07, 6.45) is 0. The zero-order valence-electron chi connectivity index (χ0n) is 8.84. The number of benzene rings is 1. The van der Waals surface area contributed by atoms with Crippen LogP contribution in [0.25, 0.3) is 11.4 Å². The second-order valence-electron chi connectivity index (χ2n) is 3.46. The summed E-state index contributed by atoms with van der Waals surface area (Å²) >= 11 is 3.20. The molecule has 0 spiro atoms. The maximum atomic E-state index is 13.3. The molecule has 2 rings (SSSR count). The van der Waals surface area contributed by atoms with E-state index in [0.29, 0.717) is 10.0 Å². The third-order valence-corrected chi connectivity index (χ3v) is 2.87. The minimum atomic E-state index is -0.632. The van der Waals surface area contributed by atoms with E-state index in [1.165, 1.54) is 25.1 Å². The predicted molar refractivity (Wildman–Crippen MR) is 64.2 cm³/mol. The van der Waals surface area contributed by atoms with Crippen LogP contribution in [0.5, 0.6) is 0 Å². The third kappa shape index (κ3) is 2.26. The molecule has 3 nitrogen and oxygen atoms in total. The molecule has 0 atom stereocenters. The minimum Gasteiger partial charge on any atom is -0.381 e. The van der Waals surface area contributed by atoms with Gasteiger partial charge < -0.3 is 5.73 Å². The molecular weight excluding hydrogens is 292 g/mol. The molecule has 0 radical (unpaired) electrons. The van der Waals surface area contributed by atoms with E-state index in [9.17, 15) is 8.78 Å². The molecule has 1 heterocycles. The van der Waals surface area contributed by atoms with Crippen LogP contribution < -0.4 is 5.73 Å². The van der Waals surface area contributed by atoms with Gasteiger partial charge in [-0.2, -0.15) is 0 Å².